The Morgan fingerprint density at radius 3 is 2.86 bits per heavy atom. The average molecular weight is 263 g/mol. The first kappa shape index (κ1) is 11.5. The van der Waals surface area contributed by atoms with Gasteiger partial charge in [0, 0.05) is 11.6 Å². The quantitative estimate of drug-likeness (QED) is 0.831. The molecule has 0 bridgehead atoms. The second-order valence-corrected chi connectivity index (χ2v) is 3.87. The smallest absolute Gasteiger partial charge is 0.165 e. The zero-order chi connectivity index (χ0) is 10.6. The van der Waals surface area contributed by atoms with Gasteiger partial charge in [-0.25, -0.2) is 4.39 Å². The molecule has 1 atom stereocenters. The van der Waals surface area contributed by atoms with Crippen molar-refractivity contribution in [3.05, 3.63) is 28.5 Å². The molecule has 0 heterocycles. The van der Waals surface area contributed by atoms with Crippen molar-refractivity contribution in [2.45, 2.75) is 13.0 Å². The normalized spacial score (nSPS) is 12.6. The molecule has 0 aromatic heterocycles. The minimum atomic E-state index is -0.365. The van der Waals surface area contributed by atoms with Crippen molar-refractivity contribution in [2.24, 2.45) is 0 Å². The summed E-state index contributed by atoms with van der Waals surface area (Å²) in [6.07, 6.45) is -0.163. The predicted molar refractivity (Wildman–Crippen MR) is 56.1 cm³/mol. The molecule has 0 aliphatic heterocycles. The van der Waals surface area contributed by atoms with Gasteiger partial charge >= 0.3 is 0 Å². The van der Waals surface area contributed by atoms with Crippen LogP contribution in [0.15, 0.2) is 22.7 Å². The summed E-state index contributed by atoms with van der Waals surface area (Å²) < 4.78 is 24.2. The first-order valence-electron chi connectivity index (χ1n) is 4.24. The minimum absolute atomic E-state index is 0.163. The van der Waals surface area contributed by atoms with Gasteiger partial charge in [-0.3, -0.25) is 0 Å². The Balaban J connectivity index is 2.70. The second-order valence-electron chi connectivity index (χ2n) is 2.96. The predicted octanol–water partition coefficient (Wildman–Crippen LogP) is 3.00. The number of benzene rings is 1. The molecule has 2 nitrogen and oxygen atoms in total. The minimum Gasteiger partial charge on any atom is -0.485 e. The third-order valence-corrected chi connectivity index (χ3v) is 2.12. The summed E-state index contributed by atoms with van der Waals surface area (Å²) in [6.45, 7) is 2.26. The summed E-state index contributed by atoms with van der Waals surface area (Å²) in [7, 11) is 1.58. The highest BCUT2D eigenvalue weighted by atomic mass is 79.9. The molecule has 1 unspecified atom stereocenters. The number of methoxy groups -OCH3 is 1. The van der Waals surface area contributed by atoms with Crippen LogP contribution in [-0.2, 0) is 4.74 Å². The number of ether oxygens (including phenoxy) is 2. The molecule has 14 heavy (non-hydrogen) atoms. The van der Waals surface area contributed by atoms with Crippen LogP contribution in [0.4, 0.5) is 4.39 Å². The zero-order valence-corrected chi connectivity index (χ0v) is 9.67. The lowest BCUT2D eigenvalue weighted by Gasteiger charge is -2.14. The van der Waals surface area contributed by atoms with Crippen molar-refractivity contribution in [3.63, 3.8) is 0 Å². The molecule has 0 aliphatic rings. The molecular weight excluding hydrogens is 251 g/mol. The summed E-state index contributed by atoms with van der Waals surface area (Å²) in [6, 6.07) is 4.59. The Kier molecular flexibility index (Phi) is 4.35. The van der Waals surface area contributed by atoms with Crippen molar-refractivity contribution in [3.8, 4) is 5.75 Å². The van der Waals surface area contributed by atoms with E-state index >= 15 is 0 Å². The third-order valence-electron chi connectivity index (χ3n) is 1.62. The van der Waals surface area contributed by atoms with Crippen molar-refractivity contribution in [1.82, 2.24) is 0 Å². The molecule has 78 valence electrons. The molecule has 0 saturated heterocycles. The van der Waals surface area contributed by atoms with Crippen molar-refractivity contribution >= 4 is 15.9 Å². The number of hydrogen-bond donors (Lipinski definition) is 0. The van der Waals surface area contributed by atoms with Gasteiger partial charge in [0.15, 0.2) is 11.6 Å². The van der Waals surface area contributed by atoms with Crippen LogP contribution in [0.25, 0.3) is 0 Å². The van der Waals surface area contributed by atoms with Gasteiger partial charge in [0.2, 0.25) is 0 Å². The van der Waals surface area contributed by atoms with Gasteiger partial charge in [0.25, 0.3) is 0 Å². The summed E-state index contributed by atoms with van der Waals surface area (Å²) in [5.41, 5.74) is 0. The van der Waals surface area contributed by atoms with Crippen LogP contribution in [0, 0.1) is 5.82 Å². The Bertz CT molecular complexity index is 304. The van der Waals surface area contributed by atoms with Crippen molar-refractivity contribution < 1.29 is 13.9 Å². The Labute approximate surface area is 91.2 Å². The lowest BCUT2D eigenvalue weighted by Crippen LogP contribution is -2.18. The molecule has 0 amide bonds. The summed E-state index contributed by atoms with van der Waals surface area (Å²) >= 11 is 3.25. The Morgan fingerprint density at radius 2 is 2.21 bits per heavy atom. The van der Waals surface area contributed by atoms with E-state index in [9.17, 15) is 4.39 Å². The summed E-state index contributed by atoms with van der Waals surface area (Å²) in [5.74, 6) is -0.125. The van der Waals surface area contributed by atoms with Crippen LogP contribution in [0.5, 0.6) is 5.75 Å². The standard InChI is InChI=1S/C10H12BrFO2/c1-7(6-13-2)14-10-5-8(11)3-4-9(10)12/h3-5,7H,6H2,1-2H3. The van der Waals surface area contributed by atoms with Crippen LogP contribution in [0.2, 0.25) is 0 Å². The van der Waals surface area contributed by atoms with Crippen molar-refractivity contribution in [1.29, 1.82) is 0 Å². The summed E-state index contributed by atoms with van der Waals surface area (Å²) in [5, 5.41) is 0. The highest BCUT2D eigenvalue weighted by Crippen LogP contribution is 2.23. The first-order chi connectivity index (χ1) is 6.63. The Hall–Kier alpha value is -0.610. The maximum Gasteiger partial charge on any atom is 0.165 e. The second kappa shape index (κ2) is 5.32. The van der Waals surface area contributed by atoms with Gasteiger partial charge in [-0.15, -0.1) is 0 Å². The molecule has 4 heteroatoms. The van der Waals surface area contributed by atoms with Gasteiger partial charge in [-0.05, 0) is 25.1 Å². The van der Waals surface area contributed by atoms with Gasteiger partial charge in [-0.1, -0.05) is 15.9 Å². The van der Waals surface area contributed by atoms with E-state index < -0.39 is 0 Å². The summed E-state index contributed by atoms with van der Waals surface area (Å²) in [4.78, 5) is 0. The van der Waals surface area contributed by atoms with Gasteiger partial charge in [0.1, 0.15) is 6.10 Å². The van der Waals surface area contributed by atoms with E-state index in [2.05, 4.69) is 15.9 Å². The molecule has 0 fully saturated rings. The molecule has 0 aliphatic carbocycles. The average Bonchev–Trinajstić information content (AvgIpc) is 2.12. The van der Waals surface area contributed by atoms with Gasteiger partial charge < -0.3 is 9.47 Å². The van der Waals surface area contributed by atoms with E-state index in [1.165, 1.54) is 6.07 Å². The van der Waals surface area contributed by atoms with Crippen LogP contribution >= 0.6 is 15.9 Å². The molecule has 0 saturated carbocycles. The van der Waals surface area contributed by atoms with E-state index in [0.29, 0.717) is 6.61 Å². The van der Waals surface area contributed by atoms with Gasteiger partial charge in [-0.2, -0.15) is 0 Å². The number of halogens is 2. The maximum absolute atomic E-state index is 13.2. The van der Waals surface area contributed by atoms with E-state index in [0.717, 1.165) is 4.47 Å². The fourth-order valence-electron chi connectivity index (χ4n) is 1.05. The molecule has 0 spiro atoms. The van der Waals surface area contributed by atoms with Crippen molar-refractivity contribution in [2.75, 3.05) is 13.7 Å². The first-order valence-corrected chi connectivity index (χ1v) is 5.03. The molecule has 1 aromatic carbocycles. The lowest BCUT2D eigenvalue weighted by molar-refractivity contribution is 0.0892. The fraction of sp³-hybridized carbons (Fsp3) is 0.400. The largest absolute Gasteiger partial charge is 0.485 e. The fourth-order valence-corrected chi connectivity index (χ4v) is 1.39. The third kappa shape index (κ3) is 3.27. The van der Waals surface area contributed by atoms with Crippen LogP contribution < -0.4 is 4.74 Å². The SMILES string of the molecule is COCC(C)Oc1cc(Br)ccc1F. The number of hydrogen-bond acceptors (Lipinski definition) is 2. The monoisotopic (exact) mass is 262 g/mol. The van der Waals surface area contributed by atoms with Crippen LogP contribution in [0.1, 0.15) is 6.92 Å². The Morgan fingerprint density at radius 1 is 1.50 bits per heavy atom. The van der Waals surface area contributed by atoms with Gasteiger partial charge in [0.05, 0.1) is 6.61 Å². The highest BCUT2D eigenvalue weighted by Gasteiger charge is 2.08. The van der Waals surface area contributed by atoms with Crippen LogP contribution in [0.3, 0.4) is 0 Å². The van der Waals surface area contributed by atoms with E-state index in [-0.39, 0.29) is 17.7 Å². The topological polar surface area (TPSA) is 18.5 Å². The van der Waals surface area contributed by atoms with E-state index in [1.807, 2.05) is 6.92 Å². The molecule has 1 rings (SSSR count). The van der Waals surface area contributed by atoms with E-state index in [4.69, 9.17) is 9.47 Å². The molecular formula is C10H12BrFO2. The molecule has 1 aromatic rings. The maximum atomic E-state index is 13.2. The lowest BCUT2D eigenvalue weighted by atomic mass is 10.3. The number of rotatable bonds is 4. The highest BCUT2D eigenvalue weighted by molar-refractivity contribution is 9.10. The molecule has 0 radical (unpaired) electrons. The molecule has 0 N–H and O–H groups in total. The van der Waals surface area contributed by atoms with E-state index in [1.54, 1.807) is 19.2 Å². The zero-order valence-electron chi connectivity index (χ0n) is 8.09. The van der Waals surface area contributed by atoms with Crippen LogP contribution in [-0.4, -0.2) is 19.8 Å².